The summed E-state index contributed by atoms with van der Waals surface area (Å²) < 4.78 is 28.6. The number of hydrogen-bond donors (Lipinski definition) is 2. The summed E-state index contributed by atoms with van der Waals surface area (Å²) in [5.74, 6) is -5.41. The second-order valence-electron chi connectivity index (χ2n) is 11.7. The van der Waals surface area contributed by atoms with Crippen LogP contribution in [0.25, 0.3) is 0 Å². The van der Waals surface area contributed by atoms with E-state index in [2.05, 4.69) is 6.58 Å². The molecule has 0 spiro atoms. The molecule has 0 aromatic heterocycles. The molecule has 194 valence electrons. The highest BCUT2D eigenvalue weighted by atomic mass is 16.8. The second kappa shape index (κ2) is 6.30. The van der Waals surface area contributed by atoms with Gasteiger partial charge in [-0.2, -0.15) is 0 Å². The normalized spacial score (nSPS) is 51.7. The number of methoxy groups -OCH3 is 1. The Labute approximate surface area is 207 Å². The fourth-order valence-electron chi connectivity index (χ4n) is 8.25. The van der Waals surface area contributed by atoms with Gasteiger partial charge in [0.05, 0.1) is 13.2 Å². The van der Waals surface area contributed by atoms with Gasteiger partial charge in [-0.05, 0) is 57.3 Å². The molecule has 1 saturated carbocycles. The quantitative estimate of drug-likeness (QED) is 0.395. The number of ether oxygens (including phenoxy) is 5. The number of esters is 3. The maximum absolute atomic E-state index is 14.1. The van der Waals surface area contributed by atoms with Crippen molar-refractivity contribution in [2.24, 2.45) is 22.2 Å². The third-order valence-electron chi connectivity index (χ3n) is 10.0. The third kappa shape index (κ3) is 2.01. The van der Waals surface area contributed by atoms with E-state index < -0.39 is 75.6 Å². The fourth-order valence-corrected chi connectivity index (χ4v) is 8.25. The van der Waals surface area contributed by atoms with Crippen molar-refractivity contribution in [1.29, 1.82) is 0 Å². The summed E-state index contributed by atoms with van der Waals surface area (Å²) in [5.41, 5.74) is -7.21. The van der Waals surface area contributed by atoms with Gasteiger partial charge in [-0.1, -0.05) is 13.5 Å². The van der Waals surface area contributed by atoms with Crippen LogP contribution >= 0.6 is 0 Å². The maximum atomic E-state index is 14.1. The number of carbonyl (C=O) groups is 3. The molecular formula is C26H30O10. The average Bonchev–Trinajstić information content (AvgIpc) is 3.08. The zero-order valence-electron chi connectivity index (χ0n) is 21.0. The molecule has 10 nitrogen and oxygen atoms in total. The van der Waals surface area contributed by atoms with E-state index in [1.807, 2.05) is 0 Å². The Bertz CT molecular complexity index is 1230. The number of carbonyl (C=O) groups excluding carboxylic acids is 3. The van der Waals surface area contributed by atoms with Gasteiger partial charge in [0.1, 0.15) is 17.1 Å². The first kappa shape index (κ1) is 23.8. The summed E-state index contributed by atoms with van der Waals surface area (Å²) >= 11 is 0. The molecule has 6 aliphatic rings. The summed E-state index contributed by atoms with van der Waals surface area (Å²) in [6, 6.07) is 0. The van der Waals surface area contributed by atoms with Crippen LogP contribution in [-0.4, -0.2) is 70.7 Å². The molecule has 0 radical (unpaired) electrons. The lowest BCUT2D eigenvalue weighted by Crippen LogP contribution is -2.84. The molecule has 0 aromatic rings. The van der Waals surface area contributed by atoms with Gasteiger partial charge in [-0.25, -0.2) is 4.79 Å². The number of fused-ring (bicyclic) bond motifs is 1. The molecule has 2 N–H and O–H groups in total. The van der Waals surface area contributed by atoms with Crippen LogP contribution in [-0.2, 0) is 38.1 Å². The molecule has 9 atom stereocenters. The van der Waals surface area contributed by atoms with Gasteiger partial charge in [0.2, 0.25) is 12.1 Å². The first-order valence-corrected chi connectivity index (χ1v) is 12.0. The Balaban J connectivity index is 1.76. The van der Waals surface area contributed by atoms with Crippen LogP contribution in [0.4, 0.5) is 0 Å². The predicted molar refractivity (Wildman–Crippen MR) is 119 cm³/mol. The van der Waals surface area contributed by atoms with E-state index in [9.17, 15) is 24.6 Å². The molecule has 4 aliphatic heterocycles. The van der Waals surface area contributed by atoms with Gasteiger partial charge < -0.3 is 33.9 Å². The van der Waals surface area contributed by atoms with Crippen LogP contribution in [0, 0.1) is 22.2 Å². The van der Waals surface area contributed by atoms with Crippen molar-refractivity contribution >= 4 is 17.9 Å². The molecule has 0 amide bonds. The number of rotatable bonds is 1. The number of aliphatic hydroxyl groups is 2. The number of hydrogen-bond acceptors (Lipinski definition) is 10. The van der Waals surface area contributed by atoms with E-state index in [0.29, 0.717) is 16.7 Å². The lowest BCUT2D eigenvalue weighted by molar-refractivity contribution is -0.418. The zero-order valence-corrected chi connectivity index (χ0v) is 21.0. The molecule has 3 saturated heterocycles. The van der Waals surface area contributed by atoms with Crippen molar-refractivity contribution in [3.05, 3.63) is 35.5 Å². The minimum Gasteiger partial charge on any atom is -0.468 e. The molecular weight excluding hydrogens is 472 g/mol. The van der Waals surface area contributed by atoms with Crippen molar-refractivity contribution in [3.63, 3.8) is 0 Å². The van der Waals surface area contributed by atoms with Gasteiger partial charge in [0.25, 0.3) is 0 Å². The Kier molecular flexibility index (Phi) is 4.17. The van der Waals surface area contributed by atoms with Crippen LogP contribution in [0.15, 0.2) is 35.5 Å². The van der Waals surface area contributed by atoms with Crippen LogP contribution in [0.2, 0.25) is 0 Å². The standard InChI is InChI=1S/C26H30O10/c1-11-13-8-17(27)36-21(3,4)14(13)9-16-23(6)15(11)10-22(5)18(28)34-20-25(22,30)24(23,19(29)32-7)26(31,35-16)12(2)33-20/h8-9,12,15-16,20,30-31H,1,10H2,2-7H3. The molecule has 2 aliphatic carbocycles. The summed E-state index contributed by atoms with van der Waals surface area (Å²) in [4.78, 5) is 40.0. The lowest BCUT2D eigenvalue weighted by atomic mass is 9.36. The van der Waals surface area contributed by atoms with E-state index >= 15 is 0 Å². The molecule has 36 heavy (non-hydrogen) atoms. The highest BCUT2D eigenvalue weighted by Crippen LogP contribution is 2.80. The Morgan fingerprint density at radius 2 is 1.86 bits per heavy atom. The number of cyclic esters (lactones) is 1. The van der Waals surface area contributed by atoms with E-state index in [1.54, 1.807) is 26.8 Å². The second-order valence-corrected chi connectivity index (χ2v) is 11.7. The Morgan fingerprint density at radius 3 is 2.50 bits per heavy atom. The SMILES string of the molecule is C=C1C2=CC(=O)OC(C)(C)C2=CC2OC3(O)C(C)OC4OC(=O)C5(C)CC1C2(C)C3(C(=O)OC)C45O. The van der Waals surface area contributed by atoms with Crippen molar-refractivity contribution in [3.8, 4) is 0 Å². The summed E-state index contributed by atoms with van der Waals surface area (Å²) in [5, 5.41) is 24.9. The van der Waals surface area contributed by atoms with E-state index in [-0.39, 0.29) is 6.42 Å². The molecule has 6 rings (SSSR count). The topological polar surface area (TPSA) is 138 Å². The molecule has 4 heterocycles. The molecule has 9 unspecified atom stereocenters. The fraction of sp³-hybridized carbons (Fsp3) is 0.654. The molecule has 0 aromatic carbocycles. The minimum atomic E-state index is -2.41. The highest BCUT2D eigenvalue weighted by Gasteiger charge is 2.96. The Morgan fingerprint density at radius 1 is 1.19 bits per heavy atom. The largest absolute Gasteiger partial charge is 0.468 e. The third-order valence-corrected chi connectivity index (χ3v) is 10.0. The molecule has 0 bridgehead atoms. The van der Waals surface area contributed by atoms with Crippen molar-refractivity contribution < 1.29 is 48.3 Å². The van der Waals surface area contributed by atoms with E-state index in [1.165, 1.54) is 19.9 Å². The predicted octanol–water partition coefficient (Wildman–Crippen LogP) is 1.06. The maximum Gasteiger partial charge on any atom is 0.332 e. The van der Waals surface area contributed by atoms with E-state index in [0.717, 1.165) is 7.11 Å². The average molecular weight is 503 g/mol. The van der Waals surface area contributed by atoms with Crippen LogP contribution in [0.1, 0.15) is 41.0 Å². The van der Waals surface area contributed by atoms with Crippen molar-refractivity contribution in [2.45, 2.75) is 76.5 Å². The first-order chi connectivity index (χ1) is 16.6. The molecule has 10 heteroatoms. The monoisotopic (exact) mass is 502 g/mol. The van der Waals surface area contributed by atoms with Crippen molar-refractivity contribution in [1.82, 2.24) is 0 Å². The van der Waals surface area contributed by atoms with E-state index in [4.69, 9.17) is 23.7 Å². The van der Waals surface area contributed by atoms with Crippen LogP contribution in [0.3, 0.4) is 0 Å². The Hall–Kier alpha value is -2.53. The van der Waals surface area contributed by atoms with Crippen molar-refractivity contribution in [2.75, 3.05) is 7.11 Å². The summed E-state index contributed by atoms with van der Waals surface area (Å²) in [6.07, 6.45) is -0.680. The van der Waals surface area contributed by atoms with Gasteiger partial charge in [-0.15, -0.1) is 0 Å². The van der Waals surface area contributed by atoms with Gasteiger partial charge in [0, 0.05) is 17.1 Å². The highest BCUT2D eigenvalue weighted by molar-refractivity contribution is 5.92. The van der Waals surface area contributed by atoms with Crippen LogP contribution in [0.5, 0.6) is 0 Å². The first-order valence-electron chi connectivity index (χ1n) is 12.0. The van der Waals surface area contributed by atoms with Crippen LogP contribution < -0.4 is 0 Å². The lowest BCUT2D eigenvalue weighted by Gasteiger charge is -2.66. The van der Waals surface area contributed by atoms with Gasteiger partial charge in [-0.3, -0.25) is 9.59 Å². The van der Waals surface area contributed by atoms with Gasteiger partial charge in [0.15, 0.2) is 11.0 Å². The minimum absolute atomic E-state index is 0.00543. The number of allylic oxidation sites excluding steroid dienone is 1. The summed E-state index contributed by atoms with van der Waals surface area (Å²) in [6.45, 7) is 12.5. The van der Waals surface area contributed by atoms with Gasteiger partial charge >= 0.3 is 17.9 Å². The summed E-state index contributed by atoms with van der Waals surface area (Å²) in [7, 11) is 1.15. The smallest absolute Gasteiger partial charge is 0.332 e. The molecule has 4 fully saturated rings. The zero-order chi connectivity index (χ0) is 26.4.